The Morgan fingerprint density at radius 1 is 0.642 bits per heavy atom. The summed E-state index contributed by atoms with van der Waals surface area (Å²) in [6, 6.07) is 16.7. The highest BCUT2D eigenvalue weighted by molar-refractivity contribution is 6.01. The number of nitrogens with two attached hydrogens (primary N) is 2. The molecule has 7 aliphatic rings. The average Bonchev–Trinajstić information content (AvgIpc) is 3.92. The molecule has 3 aromatic carbocycles. The van der Waals surface area contributed by atoms with E-state index >= 15 is 9.59 Å². The van der Waals surface area contributed by atoms with Crippen molar-refractivity contribution in [3.8, 4) is 0 Å². The van der Waals surface area contributed by atoms with Crippen LogP contribution in [-0.2, 0) is 36.4 Å². The quantitative estimate of drug-likeness (QED) is 0.142. The number of benzene rings is 3. The molecule has 358 valence electrons. The number of carbonyl (C=O) groups is 6. The van der Waals surface area contributed by atoms with Crippen LogP contribution in [0.4, 0.5) is 28.4 Å². The van der Waals surface area contributed by atoms with Gasteiger partial charge in [-0.05, 0) is 105 Å². The number of carboxylic acid groups (broad SMARTS) is 2. The van der Waals surface area contributed by atoms with Crippen LogP contribution in [0.25, 0.3) is 0 Å². The molecule has 4 aliphatic carbocycles. The van der Waals surface area contributed by atoms with E-state index in [-0.39, 0.29) is 19.0 Å². The van der Waals surface area contributed by atoms with Crippen molar-refractivity contribution in [2.24, 2.45) is 28.2 Å². The number of fused-ring (bicyclic) bond motifs is 8. The van der Waals surface area contributed by atoms with Gasteiger partial charge in [-0.25, -0.2) is 9.59 Å². The fraction of sp³-hybridized carbons (Fsp3) is 0.510. The van der Waals surface area contributed by atoms with Crippen molar-refractivity contribution >= 4 is 41.5 Å². The smallest absolute Gasteiger partial charge is 0.416 e. The maximum atomic E-state index is 15.1. The van der Waals surface area contributed by atoms with E-state index in [1.807, 2.05) is 23.6 Å². The Morgan fingerprint density at radius 3 is 1.51 bits per heavy atom. The molecule has 67 heavy (non-hydrogen) atoms. The molecule has 4 bridgehead atoms. The molecule has 0 radical (unpaired) electrons. The molecule has 10 rings (SSSR count). The topological polar surface area (TPSA) is 229 Å². The van der Waals surface area contributed by atoms with Crippen LogP contribution >= 0.6 is 0 Å². The lowest BCUT2D eigenvalue weighted by molar-refractivity contribution is -0.151. The molecule has 3 aliphatic heterocycles. The van der Waals surface area contributed by atoms with E-state index in [2.05, 4.69) is 15.5 Å². The molecular weight excluding hydrogens is 872 g/mol. The van der Waals surface area contributed by atoms with E-state index < -0.39 is 105 Å². The molecule has 6 amide bonds. The van der Waals surface area contributed by atoms with E-state index in [9.17, 15) is 42.6 Å². The molecule has 0 spiro atoms. The summed E-state index contributed by atoms with van der Waals surface area (Å²) in [5.41, 5.74) is 6.30. The third-order valence-electron chi connectivity index (χ3n) is 16.7. The zero-order valence-electron chi connectivity index (χ0n) is 38.3. The molecule has 9 atom stereocenters. The Morgan fingerprint density at radius 2 is 1.07 bits per heavy atom. The van der Waals surface area contributed by atoms with Gasteiger partial charge in [0.2, 0.25) is 11.8 Å². The monoisotopic (exact) mass is 929 g/mol. The lowest BCUT2D eigenvalue weighted by Crippen LogP contribution is -2.72. The van der Waals surface area contributed by atoms with Crippen molar-refractivity contribution in [2.75, 3.05) is 18.0 Å². The maximum absolute atomic E-state index is 15.1. The zero-order valence-corrected chi connectivity index (χ0v) is 38.3. The van der Waals surface area contributed by atoms with E-state index in [1.165, 1.54) is 12.1 Å². The third-order valence-corrected chi connectivity index (χ3v) is 16.7. The molecular formula is C49H58F3N7O8. The van der Waals surface area contributed by atoms with Crippen molar-refractivity contribution in [1.29, 1.82) is 0 Å². The number of hydrogen-bond donors (Lipinski definition) is 6. The minimum absolute atomic E-state index is 0.257. The Labute approximate surface area is 386 Å². The van der Waals surface area contributed by atoms with Gasteiger partial charge < -0.3 is 26.6 Å². The second kappa shape index (κ2) is 16.1. The first kappa shape index (κ1) is 47.5. The van der Waals surface area contributed by atoms with E-state index in [4.69, 9.17) is 11.5 Å². The highest BCUT2D eigenvalue weighted by Gasteiger charge is 2.70. The molecule has 18 heteroatoms. The number of primary amides is 2. The minimum atomic E-state index is -4.66. The number of halogens is 3. The number of hydrogen-bond acceptors (Lipinski definition) is 9. The summed E-state index contributed by atoms with van der Waals surface area (Å²) in [5, 5.41) is 24.6. The van der Waals surface area contributed by atoms with Gasteiger partial charge in [-0.2, -0.15) is 13.2 Å². The van der Waals surface area contributed by atoms with Gasteiger partial charge in [0.05, 0.1) is 22.9 Å². The summed E-state index contributed by atoms with van der Waals surface area (Å²) in [5.74, 6) is -5.64. The summed E-state index contributed by atoms with van der Waals surface area (Å²) < 4.78 is 42.8. The van der Waals surface area contributed by atoms with Gasteiger partial charge in [0.25, 0.3) is 11.8 Å². The van der Waals surface area contributed by atoms with Crippen molar-refractivity contribution < 1.29 is 52.2 Å². The fourth-order valence-electron chi connectivity index (χ4n) is 14.2. The highest BCUT2D eigenvalue weighted by atomic mass is 19.4. The van der Waals surface area contributed by atoms with Gasteiger partial charge in [-0.3, -0.25) is 39.6 Å². The number of nitrogens with zero attached hydrogens (tertiary/aromatic N) is 3. The van der Waals surface area contributed by atoms with Crippen LogP contribution in [0.15, 0.2) is 72.8 Å². The second-order valence-electron chi connectivity index (χ2n) is 20.4. The van der Waals surface area contributed by atoms with Gasteiger partial charge in [0.1, 0.15) is 11.1 Å². The molecule has 15 nitrogen and oxygen atoms in total. The Hall–Kier alpha value is -6.01. The number of imide groups is 2. The van der Waals surface area contributed by atoms with Gasteiger partial charge in [-0.15, -0.1) is 0 Å². The predicted octanol–water partition coefficient (Wildman–Crippen LogP) is 6.20. The largest absolute Gasteiger partial charge is 0.465 e. The summed E-state index contributed by atoms with van der Waals surface area (Å²) in [4.78, 5) is 88.3. The van der Waals surface area contributed by atoms with Crippen LogP contribution in [0, 0.1) is 16.7 Å². The SMILES string of the molecule is CC1C[C@@H](C2CCCN2[C@]2(C(=O)NC(=O)O)c3ccc(cc3)C(C(N)=O)C2(C)C)N(c2ccc(C(F)(F)F)cc2)[C@]1(C)C1CCCN1[C@]1(C(=O)NC(=O)O)c2ccc(cc2)C(C(N)=O)C1(C)C. The predicted molar refractivity (Wildman–Crippen MR) is 239 cm³/mol. The van der Waals surface area contributed by atoms with Crippen molar-refractivity contribution in [3.63, 3.8) is 0 Å². The second-order valence-corrected chi connectivity index (χ2v) is 20.4. The van der Waals surface area contributed by atoms with Crippen LogP contribution in [0.3, 0.4) is 0 Å². The third kappa shape index (κ3) is 6.66. The van der Waals surface area contributed by atoms with Crippen molar-refractivity contribution in [1.82, 2.24) is 20.4 Å². The summed E-state index contributed by atoms with van der Waals surface area (Å²) in [6.45, 7) is 11.5. The zero-order chi connectivity index (χ0) is 49.0. The summed E-state index contributed by atoms with van der Waals surface area (Å²) >= 11 is 0. The lowest BCUT2D eigenvalue weighted by Gasteiger charge is -2.59. The molecule has 3 heterocycles. The number of rotatable bonds is 9. The minimum Gasteiger partial charge on any atom is -0.465 e. The van der Waals surface area contributed by atoms with Crippen LogP contribution in [0.5, 0.6) is 0 Å². The maximum Gasteiger partial charge on any atom is 0.416 e. The van der Waals surface area contributed by atoms with Crippen molar-refractivity contribution in [3.05, 3.63) is 101 Å². The Balaban J connectivity index is 1.35. The Bertz CT molecular complexity index is 2520. The molecule has 0 saturated carbocycles. The number of carbonyl (C=O) groups excluding carboxylic acids is 4. The van der Waals surface area contributed by atoms with Crippen LogP contribution in [0.2, 0.25) is 0 Å². The molecule has 8 N–H and O–H groups in total. The normalized spacial score (nSPS) is 32.1. The van der Waals surface area contributed by atoms with Crippen LogP contribution < -0.4 is 27.0 Å². The summed E-state index contributed by atoms with van der Waals surface area (Å²) in [7, 11) is 0. The average molecular weight is 930 g/mol. The van der Waals surface area contributed by atoms with E-state index in [0.29, 0.717) is 60.0 Å². The first-order valence-corrected chi connectivity index (χ1v) is 22.7. The number of amides is 6. The number of anilines is 1. The van der Waals surface area contributed by atoms with Crippen LogP contribution in [0.1, 0.15) is 113 Å². The van der Waals surface area contributed by atoms with Crippen LogP contribution in [-0.4, -0.2) is 92.6 Å². The standard InChI is InChI=1S/C49H58F3N7O8/c1-26-25-34(33-9-7-23-57(33)47(40(62)55-42(64)65)29-15-11-27(12-16-29)36(38(53)60)44(47,2)3)59(32-21-19-31(20-22-32)49(50,51)52)46(26,6)35-10-8-24-58(35)48(41(63)56-43(66)67)30-17-13-28(14-18-30)37(39(54)61)45(48,4)5/h11-22,26,33-37H,7-10,23-25H2,1-6H3,(H2,53,60)(H2,54,61)(H,55,62)(H,56,63)(H,64,65)(H,66,67)/t26?,33?,34-,35?,36?,37?,46-,47-,48-/m0/s1. The van der Waals surface area contributed by atoms with Gasteiger partial charge >= 0.3 is 18.4 Å². The summed E-state index contributed by atoms with van der Waals surface area (Å²) in [6.07, 6.45) is -5.52. The Kier molecular flexibility index (Phi) is 11.4. The van der Waals surface area contributed by atoms with Gasteiger partial charge in [0, 0.05) is 34.6 Å². The van der Waals surface area contributed by atoms with E-state index in [0.717, 1.165) is 12.1 Å². The first-order chi connectivity index (χ1) is 31.3. The molecule has 0 aromatic heterocycles. The first-order valence-electron chi connectivity index (χ1n) is 22.7. The molecule has 3 saturated heterocycles. The number of likely N-dealkylation sites (tertiary alicyclic amines) is 2. The number of alkyl halides is 3. The lowest BCUT2D eigenvalue weighted by atomic mass is 9.59. The van der Waals surface area contributed by atoms with Gasteiger partial charge in [0.15, 0.2) is 0 Å². The van der Waals surface area contributed by atoms with Crippen molar-refractivity contribution in [2.45, 2.75) is 126 Å². The van der Waals surface area contributed by atoms with E-state index in [1.54, 1.807) is 76.2 Å². The molecule has 3 fully saturated rings. The molecule has 5 unspecified atom stereocenters. The van der Waals surface area contributed by atoms with Gasteiger partial charge in [-0.1, -0.05) is 83.1 Å². The fourth-order valence-corrected chi connectivity index (χ4v) is 14.2. The highest BCUT2D eigenvalue weighted by Crippen LogP contribution is 2.62. The number of nitrogens with one attached hydrogen (secondary N) is 2. The molecule has 3 aromatic rings.